The average Bonchev–Trinajstić information content (AvgIpc) is 3.23. The number of hydrogen-bond acceptors (Lipinski definition) is 4. The molecule has 0 aliphatic carbocycles. The van der Waals surface area contributed by atoms with Gasteiger partial charge in [-0.25, -0.2) is 0 Å². The number of rotatable bonds is 10. The first kappa shape index (κ1) is 21.8. The Labute approximate surface area is 189 Å². The van der Waals surface area contributed by atoms with Gasteiger partial charge in [0.1, 0.15) is 12.4 Å². The summed E-state index contributed by atoms with van der Waals surface area (Å²) in [5.74, 6) is 2.40. The van der Waals surface area contributed by atoms with Crippen molar-refractivity contribution in [1.29, 1.82) is 0 Å². The van der Waals surface area contributed by atoms with Crippen molar-refractivity contribution in [2.45, 2.75) is 13.1 Å². The standard InChI is InChI=1S/C27H30N2O3/c1-28(17-21-8-5-4-6-9-21)14-15-32-25-11-7-10-23-19-29(20-24(23)25)18-22-12-13-26(30-2)27(16-22)31-3/h4-13,16,19-20H,14-15,17-18H2,1-3H3. The molecular weight excluding hydrogens is 400 g/mol. The number of ether oxygens (including phenoxy) is 3. The van der Waals surface area contributed by atoms with E-state index >= 15 is 0 Å². The molecule has 0 atom stereocenters. The van der Waals surface area contributed by atoms with Gasteiger partial charge in [-0.05, 0) is 36.4 Å². The van der Waals surface area contributed by atoms with Crippen molar-refractivity contribution in [3.05, 3.63) is 90.3 Å². The lowest BCUT2D eigenvalue weighted by Gasteiger charge is -2.17. The molecule has 0 unspecified atom stereocenters. The van der Waals surface area contributed by atoms with Crippen LogP contribution in [0, 0.1) is 0 Å². The van der Waals surface area contributed by atoms with Crippen molar-refractivity contribution in [2.24, 2.45) is 0 Å². The maximum Gasteiger partial charge on any atom is 0.161 e. The summed E-state index contributed by atoms with van der Waals surface area (Å²) < 4.78 is 19.1. The molecule has 5 heteroatoms. The normalized spacial score (nSPS) is 11.1. The third kappa shape index (κ3) is 5.24. The number of methoxy groups -OCH3 is 2. The Kier molecular flexibility index (Phi) is 6.97. The number of nitrogens with zero attached hydrogens (tertiary/aromatic N) is 2. The van der Waals surface area contributed by atoms with Crippen LogP contribution in [0.1, 0.15) is 11.1 Å². The molecule has 1 aromatic heterocycles. The Morgan fingerprint density at radius 3 is 2.38 bits per heavy atom. The summed E-state index contributed by atoms with van der Waals surface area (Å²) in [7, 11) is 5.43. The molecule has 4 rings (SSSR count). The molecule has 4 aromatic rings. The lowest BCUT2D eigenvalue weighted by molar-refractivity contribution is 0.234. The van der Waals surface area contributed by atoms with Crippen molar-refractivity contribution >= 4 is 10.8 Å². The van der Waals surface area contributed by atoms with E-state index in [0.717, 1.165) is 47.8 Å². The van der Waals surface area contributed by atoms with Crippen molar-refractivity contribution in [3.63, 3.8) is 0 Å². The minimum atomic E-state index is 0.642. The Morgan fingerprint density at radius 2 is 1.59 bits per heavy atom. The van der Waals surface area contributed by atoms with Crippen molar-refractivity contribution < 1.29 is 14.2 Å². The van der Waals surface area contributed by atoms with Gasteiger partial charge in [-0.2, -0.15) is 0 Å². The lowest BCUT2D eigenvalue weighted by atomic mass is 10.2. The van der Waals surface area contributed by atoms with Crippen molar-refractivity contribution in [3.8, 4) is 17.2 Å². The highest BCUT2D eigenvalue weighted by Crippen LogP contribution is 2.30. The fourth-order valence-corrected chi connectivity index (χ4v) is 3.89. The van der Waals surface area contributed by atoms with E-state index in [1.807, 2.05) is 30.3 Å². The van der Waals surface area contributed by atoms with Gasteiger partial charge < -0.3 is 18.8 Å². The quantitative estimate of drug-likeness (QED) is 0.346. The monoisotopic (exact) mass is 430 g/mol. The topological polar surface area (TPSA) is 35.9 Å². The molecule has 0 saturated carbocycles. The minimum Gasteiger partial charge on any atom is -0.493 e. The number of benzene rings is 3. The van der Waals surface area contributed by atoms with E-state index in [1.165, 1.54) is 10.9 Å². The molecule has 0 amide bonds. The fourth-order valence-electron chi connectivity index (χ4n) is 3.89. The molecule has 3 aromatic carbocycles. The minimum absolute atomic E-state index is 0.642. The summed E-state index contributed by atoms with van der Waals surface area (Å²) >= 11 is 0. The molecule has 0 aliphatic rings. The zero-order chi connectivity index (χ0) is 22.3. The van der Waals surface area contributed by atoms with Crippen LogP contribution in [0.3, 0.4) is 0 Å². The highest BCUT2D eigenvalue weighted by molar-refractivity contribution is 5.88. The molecule has 0 bridgehead atoms. The first-order chi connectivity index (χ1) is 15.7. The maximum atomic E-state index is 6.17. The van der Waals surface area contributed by atoms with E-state index in [4.69, 9.17) is 14.2 Å². The summed E-state index contributed by atoms with van der Waals surface area (Å²) in [5, 5.41) is 2.29. The van der Waals surface area contributed by atoms with Gasteiger partial charge in [-0.1, -0.05) is 48.5 Å². The molecule has 1 heterocycles. The van der Waals surface area contributed by atoms with Gasteiger partial charge in [0.05, 0.1) is 14.2 Å². The van der Waals surface area contributed by atoms with E-state index in [-0.39, 0.29) is 0 Å². The molecule has 32 heavy (non-hydrogen) atoms. The Bertz CT molecular complexity index is 1150. The highest BCUT2D eigenvalue weighted by atomic mass is 16.5. The van der Waals surface area contributed by atoms with Crippen LogP contribution in [-0.2, 0) is 13.1 Å². The van der Waals surface area contributed by atoms with Crippen LogP contribution in [0.2, 0.25) is 0 Å². The second-order valence-corrected chi connectivity index (χ2v) is 7.95. The smallest absolute Gasteiger partial charge is 0.161 e. The predicted octanol–water partition coefficient (Wildman–Crippen LogP) is 5.22. The van der Waals surface area contributed by atoms with E-state index in [9.17, 15) is 0 Å². The lowest BCUT2D eigenvalue weighted by Crippen LogP contribution is -2.23. The molecule has 0 fully saturated rings. The van der Waals surface area contributed by atoms with Crippen LogP contribution < -0.4 is 14.2 Å². The molecule has 5 nitrogen and oxygen atoms in total. The molecule has 0 spiro atoms. The zero-order valence-electron chi connectivity index (χ0n) is 19.0. The van der Waals surface area contributed by atoms with Crippen LogP contribution in [0.15, 0.2) is 79.1 Å². The predicted molar refractivity (Wildman–Crippen MR) is 129 cm³/mol. The van der Waals surface area contributed by atoms with Gasteiger partial charge in [-0.3, -0.25) is 4.90 Å². The molecule has 0 N–H and O–H groups in total. The highest BCUT2D eigenvalue weighted by Gasteiger charge is 2.09. The third-order valence-electron chi connectivity index (χ3n) is 5.54. The SMILES string of the molecule is COc1ccc(Cn2cc3cccc(OCCN(C)Cc4ccccc4)c3c2)cc1OC. The fraction of sp³-hybridized carbons (Fsp3) is 0.259. The number of aromatic nitrogens is 1. The van der Waals surface area contributed by atoms with Gasteiger partial charge in [0.2, 0.25) is 0 Å². The second kappa shape index (κ2) is 10.2. The molecular formula is C27H30N2O3. The molecule has 0 aliphatic heterocycles. The average molecular weight is 431 g/mol. The third-order valence-corrected chi connectivity index (χ3v) is 5.54. The number of hydrogen-bond donors (Lipinski definition) is 0. The summed E-state index contributed by atoms with van der Waals surface area (Å²) in [6.07, 6.45) is 4.30. The van der Waals surface area contributed by atoms with Gasteiger partial charge in [0, 0.05) is 42.8 Å². The van der Waals surface area contributed by atoms with Crippen LogP contribution >= 0.6 is 0 Å². The Hall–Kier alpha value is -3.44. The molecule has 166 valence electrons. The summed E-state index contributed by atoms with van der Waals surface area (Å²) in [6.45, 7) is 3.16. The van der Waals surface area contributed by atoms with E-state index < -0.39 is 0 Å². The number of likely N-dealkylation sites (N-methyl/N-ethyl adjacent to an activating group) is 1. The Morgan fingerprint density at radius 1 is 0.781 bits per heavy atom. The maximum absolute atomic E-state index is 6.17. The van der Waals surface area contributed by atoms with E-state index in [2.05, 4.69) is 65.3 Å². The first-order valence-corrected chi connectivity index (χ1v) is 10.8. The molecule has 0 radical (unpaired) electrons. The number of fused-ring (bicyclic) bond motifs is 1. The zero-order valence-corrected chi connectivity index (χ0v) is 19.0. The van der Waals surface area contributed by atoms with Gasteiger partial charge in [-0.15, -0.1) is 0 Å². The Balaban J connectivity index is 1.41. The largest absolute Gasteiger partial charge is 0.493 e. The first-order valence-electron chi connectivity index (χ1n) is 10.8. The van der Waals surface area contributed by atoms with Gasteiger partial charge in [0.15, 0.2) is 11.5 Å². The van der Waals surface area contributed by atoms with Crippen LogP contribution in [-0.4, -0.2) is 43.9 Å². The van der Waals surface area contributed by atoms with Crippen LogP contribution in [0.25, 0.3) is 10.8 Å². The van der Waals surface area contributed by atoms with Crippen molar-refractivity contribution in [2.75, 3.05) is 34.4 Å². The van der Waals surface area contributed by atoms with Crippen LogP contribution in [0.4, 0.5) is 0 Å². The van der Waals surface area contributed by atoms with Gasteiger partial charge >= 0.3 is 0 Å². The van der Waals surface area contributed by atoms with Crippen molar-refractivity contribution in [1.82, 2.24) is 9.47 Å². The second-order valence-electron chi connectivity index (χ2n) is 7.95. The van der Waals surface area contributed by atoms with E-state index in [1.54, 1.807) is 14.2 Å². The van der Waals surface area contributed by atoms with E-state index in [0.29, 0.717) is 6.61 Å². The summed E-state index contributed by atoms with van der Waals surface area (Å²) in [6, 6.07) is 22.7. The molecule has 0 saturated heterocycles. The van der Waals surface area contributed by atoms with Crippen LogP contribution in [0.5, 0.6) is 17.2 Å². The summed E-state index contributed by atoms with van der Waals surface area (Å²) in [4.78, 5) is 2.28. The van der Waals surface area contributed by atoms with Gasteiger partial charge in [0.25, 0.3) is 0 Å². The summed E-state index contributed by atoms with van der Waals surface area (Å²) in [5.41, 5.74) is 2.46.